The SMILES string of the molecule is COc1ccc(/C(N)=N/O)c(N(C)C(C)CSC)c1. The molecule has 0 aromatic heterocycles. The minimum Gasteiger partial charge on any atom is -0.497 e. The lowest BCUT2D eigenvalue weighted by Crippen LogP contribution is -2.32. The van der Waals surface area contributed by atoms with Crippen LogP contribution in [-0.4, -0.2) is 43.3 Å². The number of nitrogens with two attached hydrogens (primary N) is 1. The highest BCUT2D eigenvalue weighted by Gasteiger charge is 2.16. The van der Waals surface area contributed by atoms with Gasteiger partial charge in [-0.05, 0) is 25.3 Å². The molecule has 1 aromatic carbocycles. The largest absolute Gasteiger partial charge is 0.497 e. The molecule has 0 spiro atoms. The lowest BCUT2D eigenvalue weighted by molar-refractivity contribution is 0.318. The van der Waals surface area contributed by atoms with Gasteiger partial charge in [0.1, 0.15) is 5.75 Å². The monoisotopic (exact) mass is 283 g/mol. The van der Waals surface area contributed by atoms with E-state index >= 15 is 0 Å². The van der Waals surface area contributed by atoms with Crippen LogP contribution in [0.5, 0.6) is 5.75 Å². The van der Waals surface area contributed by atoms with Crippen LogP contribution in [0.25, 0.3) is 0 Å². The number of methoxy groups -OCH3 is 1. The number of benzene rings is 1. The number of nitrogens with zero attached hydrogens (tertiary/aromatic N) is 2. The van der Waals surface area contributed by atoms with Gasteiger partial charge in [-0.3, -0.25) is 0 Å². The summed E-state index contributed by atoms with van der Waals surface area (Å²) in [5, 5.41) is 12.0. The van der Waals surface area contributed by atoms with E-state index in [0.717, 1.165) is 17.2 Å². The summed E-state index contributed by atoms with van der Waals surface area (Å²) in [6.07, 6.45) is 2.07. The Kier molecular flexibility index (Phi) is 5.82. The highest BCUT2D eigenvalue weighted by Crippen LogP contribution is 2.27. The zero-order valence-corrected chi connectivity index (χ0v) is 12.6. The van der Waals surface area contributed by atoms with Crippen molar-refractivity contribution < 1.29 is 9.94 Å². The average molecular weight is 283 g/mol. The number of oxime groups is 1. The molecule has 0 aliphatic heterocycles. The second kappa shape index (κ2) is 7.13. The number of hydrogen-bond acceptors (Lipinski definition) is 5. The summed E-state index contributed by atoms with van der Waals surface area (Å²) in [5.41, 5.74) is 7.30. The Morgan fingerprint density at radius 3 is 2.79 bits per heavy atom. The molecule has 3 N–H and O–H groups in total. The fraction of sp³-hybridized carbons (Fsp3) is 0.462. The number of amidine groups is 1. The molecule has 106 valence electrons. The maximum absolute atomic E-state index is 8.87. The maximum Gasteiger partial charge on any atom is 0.172 e. The molecule has 0 saturated heterocycles. The molecule has 19 heavy (non-hydrogen) atoms. The minimum absolute atomic E-state index is 0.0980. The van der Waals surface area contributed by atoms with E-state index in [9.17, 15) is 0 Å². The molecule has 1 unspecified atom stereocenters. The van der Waals surface area contributed by atoms with Crippen molar-refractivity contribution in [1.82, 2.24) is 0 Å². The topological polar surface area (TPSA) is 71.1 Å². The average Bonchev–Trinajstić information content (AvgIpc) is 2.45. The van der Waals surface area contributed by atoms with Crippen LogP contribution in [0.3, 0.4) is 0 Å². The van der Waals surface area contributed by atoms with Gasteiger partial charge in [0.25, 0.3) is 0 Å². The first-order valence-electron chi connectivity index (χ1n) is 5.92. The van der Waals surface area contributed by atoms with E-state index < -0.39 is 0 Å². The van der Waals surface area contributed by atoms with E-state index in [0.29, 0.717) is 11.6 Å². The molecule has 0 bridgehead atoms. The fourth-order valence-corrected chi connectivity index (χ4v) is 2.50. The quantitative estimate of drug-likeness (QED) is 0.361. The third kappa shape index (κ3) is 3.70. The van der Waals surface area contributed by atoms with Crippen molar-refractivity contribution in [3.8, 4) is 5.75 Å². The van der Waals surface area contributed by atoms with Gasteiger partial charge in [0.05, 0.1) is 12.8 Å². The first kappa shape index (κ1) is 15.5. The Balaban J connectivity index is 3.20. The first-order valence-corrected chi connectivity index (χ1v) is 7.32. The normalized spacial score (nSPS) is 13.2. The van der Waals surface area contributed by atoms with Gasteiger partial charge in [-0.15, -0.1) is 0 Å². The zero-order valence-electron chi connectivity index (χ0n) is 11.8. The molecule has 1 atom stereocenters. The molecule has 1 rings (SSSR count). The Morgan fingerprint density at radius 1 is 1.58 bits per heavy atom. The third-order valence-corrected chi connectivity index (χ3v) is 3.85. The van der Waals surface area contributed by atoms with E-state index in [4.69, 9.17) is 15.7 Å². The number of rotatable bonds is 6. The Bertz CT molecular complexity index is 452. The highest BCUT2D eigenvalue weighted by atomic mass is 32.2. The molecule has 0 amide bonds. The highest BCUT2D eigenvalue weighted by molar-refractivity contribution is 7.98. The minimum atomic E-state index is 0.0980. The van der Waals surface area contributed by atoms with Crippen LogP contribution in [0.2, 0.25) is 0 Å². The molecule has 0 saturated carbocycles. The maximum atomic E-state index is 8.87. The second-order valence-electron chi connectivity index (χ2n) is 4.28. The molecule has 0 aliphatic carbocycles. The van der Waals surface area contributed by atoms with Crippen molar-refractivity contribution in [2.24, 2.45) is 10.9 Å². The molecular weight excluding hydrogens is 262 g/mol. The van der Waals surface area contributed by atoms with Crippen molar-refractivity contribution in [2.45, 2.75) is 13.0 Å². The summed E-state index contributed by atoms with van der Waals surface area (Å²) in [5.74, 6) is 1.83. The van der Waals surface area contributed by atoms with Gasteiger partial charge in [0.15, 0.2) is 5.84 Å². The van der Waals surface area contributed by atoms with Crippen LogP contribution in [-0.2, 0) is 0 Å². The van der Waals surface area contributed by atoms with Crippen LogP contribution in [0.15, 0.2) is 23.4 Å². The molecule has 5 nitrogen and oxygen atoms in total. The number of hydrogen-bond donors (Lipinski definition) is 2. The smallest absolute Gasteiger partial charge is 0.172 e. The number of thioether (sulfide) groups is 1. The van der Waals surface area contributed by atoms with Crippen molar-refractivity contribution in [1.29, 1.82) is 0 Å². The Hall–Kier alpha value is -1.56. The van der Waals surface area contributed by atoms with E-state index in [1.54, 1.807) is 31.0 Å². The standard InChI is InChI=1S/C13H21N3O2S/c1-9(8-19-4)16(2)12-7-10(18-3)5-6-11(12)13(14)15-17/h5-7,9,17H,8H2,1-4H3,(H2,14,15). The van der Waals surface area contributed by atoms with Crippen molar-refractivity contribution >= 4 is 23.3 Å². The molecule has 0 radical (unpaired) electrons. The number of anilines is 1. The molecule has 1 aromatic rings. The van der Waals surface area contributed by atoms with Gasteiger partial charge in [0, 0.05) is 30.5 Å². The van der Waals surface area contributed by atoms with Crippen LogP contribution in [0.4, 0.5) is 5.69 Å². The summed E-state index contributed by atoms with van der Waals surface area (Å²) >= 11 is 1.78. The summed E-state index contributed by atoms with van der Waals surface area (Å²) < 4.78 is 5.24. The molecule has 0 fully saturated rings. The predicted octanol–water partition coefficient (Wildman–Crippen LogP) is 1.98. The summed E-state index contributed by atoms with van der Waals surface area (Å²) in [6.45, 7) is 2.13. The Labute approximate surface area is 118 Å². The lowest BCUT2D eigenvalue weighted by Gasteiger charge is -2.28. The van der Waals surface area contributed by atoms with E-state index in [1.165, 1.54) is 0 Å². The summed E-state index contributed by atoms with van der Waals surface area (Å²) in [6, 6.07) is 5.81. The van der Waals surface area contributed by atoms with Gasteiger partial charge in [-0.1, -0.05) is 5.16 Å². The first-order chi connectivity index (χ1) is 9.04. The van der Waals surface area contributed by atoms with Gasteiger partial charge in [-0.25, -0.2) is 0 Å². The zero-order chi connectivity index (χ0) is 14.4. The van der Waals surface area contributed by atoms with Gasteiger partial charge < -0.3 is 20.6 Å². The molecule has 6 heteroatoms. The van der Waals surface area contributed by atoms with Crippen LogP contribution < -0.4 is 15.4 Å². The van der Waals surface area contributed by atoms with Crippen LogP contribution in [0, 0.1) is 0 Å². The van der Waals surface area contributed by atoms with Gasteiger partial charge in [0.2, 0.25) is 0 Å². The van der Waals surface area contributed by atoms with E-state index in [2.05, 4.69) is 23.2 Å². The lowest BCUT2D eigenvalue weighted by atomic mass is 10.1. The van der Waals surface area contributed by atoms with E-state index in [-0.39, 0.29) is 5.84 Å². The fourth-order valence-electron chi connectivity index (χ4n) is 1.79. The Morgan fingerprint density at radius 2 is 2.26 bits per heavy atom. The van der Waals surface area contributed by atoms with Gasteiger partial charge in [-0.2, -0.15) is 11.8 Å². The summed E-state index contributed by atoms with van der Waals surface area (Å²) in [4.78, 5) is 2.10. The van der Waals surface area contributed by atoms with Crippen molar-refractivity contribution in [3.05, 3.63) is 23.8 Å². The third-order valence-electron chi connectivity index (χ3n) is 3.04. The molecular formula is C13H21N3O2S. The van der Waals surface area contributed by atoms with Crippen molar-refractivity contribution in [3.63, 3.8) is 0 Å². The predicted molar refractivity (Wildman–Crippen MR) is 81.8 cm³/mol. The van der Waals surface area contributed by atoms with Crippen molar-refractivity contribution in [2.75, 3.05) is 31.1 Å². The molecule has 0 heterocycles. The molecule has 0 aliphatic rings. The second-order valence-corrected chi connectivity index (χ2v) is 5.19. The number of ether oxygens (including phenoxy) is 1. The van der Waals surface area contributed by atoms with Gasteiger partial charge >= 0.3 is 0 Å². The van der Waals surface area contributed by atoms with Crippen LogP contribution >= 0.6 is 11.8 Å². The van der Waals surface area contributed by atoms with E-state index in [1.807, 2.05) is 13.1 Å². The summed E-state index contributed by atoms with van der Waals surface area (Å²) in [7, 11) is 3.61. The van der Waals surface area contributed by atoms with Crippen LogP contribution in [0.1, 0.15) is 12.5 Å².